The summed E-state index contributed by atoms with van der Waals surface area (Å²) in [5, 5.41) is 21.1. The molecule has 0 aliphatic heterocycles. The number of nitrogens with zero attached hydrogens (tertiary/aromatic N) is 2. The van der Waals surface area contributed by atoms with Crippen LogP contribution in [0.5, 0.6) is 5.75 Å². The summed E-state index contributed by atoms with van der Waals surface area (Å²) in [7, 11) is 0. The Bertz CT molecular complexity index is 1180. The van der Waals surface area contributed by atoms with Crippen LogP contribution in [0.2, 0.25) is 10.0 Å². The number of carbonyl (C=O) groups excluding carboxylic acids is 2. The highest BCUT2D eigenvalue weighted by molar-refractivity contribution is 6.40. The molecule has 172 valence electrons. The number of hydrogen-bond donors (Lipinski definition) is 3. The fourth-order valence-corrected chi connectivity index (χ4v) is 4.72. The van der Waals surface area contributed by atoms with Gasteiger partial charge in [0.25, 0.3) is 5.91 Å². The molecule has 2 aromatic carbocycles. The highest BCUT2D eigenvalue weighted by atomic mass is 35.5. The number of aromatic hydroxyl groups is 1. The van der Waals surface area contributed by atoms with Crippen molar-refractivity contribution in [1.29, 1.82) is 0 Å². The SMILES string of the molecule is CCNC(=O)n1nc(-c2cc(NC(=O)c3c(Cl)cccc3Cl)ccc2O)cc1C1CCCC1. The van der Waals surface area contributed by atoms with Gasteiger partial charge in [-0.2, -0.15) is 9.78 Å². The topological polar surface area (TPSA) is 96.3 Å². The fraction of sp³-hybridized carbons (Fsp3) is 0.292. The molecule has 0 unspecified atom stereocenters. The molecule has 3 N–H and O–H groups in total. The molecule has 0 saturated heterocycles. The summed E-state index contributed by atoms with van der Waals surface area (Å²) in [5.74, 6) is -0.245. The normalized spacial score (nSPS) is 13.8. The van der Waals surface area contributed by atoms with Crippen molar-refractivity contribution in [1.82, 2.24) is 15.1 Å². The number of hydrogen-bond acceptors (Lipinski definition) is 4. The van der Waals surface area contributed by atoms with E-state index in [1.807, 2.05) is 13.0 Å². The maximum Gasteiger partial charge on any atom is 0.342 e. The van der Waals surface area contributed by atoms with Crippen molar-refractivity contribution in [2.75, 3.05) is 11.9 Å². The van der Waals surface area contributed by atoms with Crippen LogP contribution in [0.3, 0.4) is 0 Å². The van der Waals surface area contributed by atoms with Crippen molar-refractivity contribution in [3.05, 3.63) is 63.8 Å². The number of anilines is 1. The summed E-state index contributed by atoms with van der Waals surface area (Å²) in [6.45, 7) is 2.33. The number of aromatic nitrogens is 2. The van der Waals surface area contributed by atoms with Gasteiger partial charge in [0.15, 0.2) is 0 Å². The van der Waals surface area contributed by atoms with Crippen LogP contribution in [-0.2, 0) is 0 Å². The van der Waals surface area contributed by atoms with Gasteiger partial charge in [-0.15, -0.1) is 0 Å². The van der Waals surface area contributed by atoms with Gasteiger partial charge in [-0.05, 0) is 56.2 Å². The average molecular weight is 487 g/mol. The lowest BCUT2D eigenvalue weighted by atomic mass is 10.0. The van der Waals surface area contributed by atoms with E-state index in [2.05, 4.69) is 15.7 Å². The Hall–Kier alpha value is -3.03. The minimum Gasteiger partial charge on any atom is -0.507 e. The number of halogens is 2. The van der Waals surface area contributed by atoms with Gasteiger partial charge in [0.2, 0.25) is 0 Å². The Morgan fingerprint density at radius 1 is 1.12 bits per heavy atom. The van der Waals surface area contributed by atoms with E-state index >= 15 is 0 Å². The predicted molar refractivity (Wildman–Crippen MR) is 129 cm³/mol. The van der Waals surface area contributed by atoms with Crippen LogP contribution in [0.4, 0.5) is 10.5 Å². The lowest BCUT2D eigenvalue weighted by Crippen LogP contribution is -2.30. The molecule has 1 saturated carbocycles. The Balaban J connectivity index is 1.68. The Morgan fingerprint density at radius 3 is 2.48 bits per heavy atom. The lowest BCUT2D eigenvalue weighted by molar-refractivity contribution is 0.102. The van der Waals surface area contributed by atoms with Crippen LogP contribution in [0.1, 0.15) is 54.6 Å². The number of carbonyl (C=O) groups is 2. The molecule has 1 aromatic heterocycles. The van der Waals surface area contributed by atoms with Gasteiger partial charge in [-0.3, -0.25) is 4.79 Å². The predicted octanol–water partition coefficient (Wildman–Crippen LogP) is 6.05. The summed E-state index contributed by atoms with van der Waals surface area (Å²) in [4.78, 5) is 25.4. The van der Waals surface area contributed by atoms with Gasteiger partial charge < -0.3 is 15.7 Å². The molecule has 1 aliphatic carbocycles. The molecule has 0 bridgehead atoms. The summed E-state index contributed by atoms with van der Waals surface area (Å²) in [6, 6.07) is 11.0. The van der Waals surface area contributed by atoms with Crippen molar-refractivity contribution in [2.24, 2.45) is 0 Å². The van der Waals surface area contributed by atoms with Crippen molar-refractivity contribution >= 4 is 40.8 Å². The molecule has 1 fully saturated rings. The molecule has 1 aliphatic rings. The molecule has 2 amide bonds. The second-order valence-corrected chi connectivity index (χ2v) is 8.78. The number of nitrogens with one attached hydrogen (secondary N) is 2. The molecule has 9 heteroatoms. The van der Waals surface area contributed by atoms with Crippen LogP contribution < -0.4 is 10.6 Å². The van der Waals surface area contributed by atoms with Crippen LogP contribution in [0.25, 0.3) is 11.3 Å². The fourth-order valence-electron chi connectivity index (χ4n) is 4.16. The summed E-state index contributed by atoms with van der Waals surface area (Å²) >= 11 is 12.3. The smallest absolute Gasteiger partial charge is 0.342 e. The van der Waals surface area contributed by atoms with Gasteiger partial charge in [0.05, 0.1) is 27.0 Å². The number of amides is 2. The highest BCUT2D eigenvalue weighted by Gasteiger charge is 2.26. The van der Waals surface area contributed by atoms with Crippen LogP contribution in [0.15, 0.2) is 42.5 Å². The Morgan fingerprint density at radius 2 is 1.82 bits per heavy atom. The van der Waals surface area contributed by atoms with Crippen molar-refractivity contribution < 1.29 is 14.7 Å². The molecule has 0 radical (unpaired) electrons. The highest BCUT2D eigenvalue weighted by Crippen LogP contribution is 2.38. The van der Waals surface area contributed by atoms with Gasteiger partial charge in [-0.1, -0.05) is 42.1 Å². The summed E-state index contributed by atoms with van der Waals surface area (Å²) < 4.78 is 1.39. The quantitative estimate of drug-likeness (QED) is 0.382. The third kappa shape index (κ3) is 4.84. The first kappa shape index (κ1) is 23.1. The van der Waals surface area contributed by atoms with Crippen LogP contribution >= 0.6 is 23.2 Å². The number of phenolic OH excluding ortho intramolecular Hbond substituents is 1. The van der Waals surface area contributed by atoms with E-state index in [1.165, 1.54) is 10.7 Å². The minimum atomic E-state index is -0.471. The van der Waals surface area contributed by atoms with Gasteiger partial charge in [0.1, 0.15) is 5.75 Å². The van der Waals surface area contributed by atoms with E-state index in [4.69, 9.17) is 23.2 Å². The van der Waals surface area contributed by atoms with Crippen molar-refractivity contribution in [3.8, 4) is 17.0 Å². The maximum atomic E-state index is 12.8. The van der Waals surface area contributed by atoms with Gasteiger partial charge >= 0.3 is 6.03 Å². The minimum absolute atomic E-state index is 0.0118. The summed E-state index contributed by atoms with van der Waals surface area (Å²) in [5.41, 5.74) is 2.27. The Kier molecular flexibility index (Phi) is 6.91. The number of rotatable bonds is 5. The zero-order chi connectivity index (χ0) is 23.5. The van der Waals surface area contributed by atoms with E-state index in [0.29, 0.717) is 23.5 Å². The van der Waals surface area contributed by atoms with Crippen molar-refractivity contribution in [3.63, 3.8) is 0 Å². The molecule has 33 heavy (non-hydrogen) atoms. The molecule has 4 rings (SSSR count). The van der Waals surface area contributed by atoms with E-state index < -0.39 is 5.91 Å². The second-order valence-electron chi connectivity index (χ2n) is 7.97. The first-order valence-corrected chi connectivity index (χ1v) is 11.6. The molecule has 0 atom stereocenters. The van der Waals surface area contributed by atoms with Crippen molar-refractivity contribution in [2.45, 2.75) is 38.5 Å². The van der Waals surface area contributed by atoms with Crippen LogP contribution in [-0.4, -0.2) is 33.4 Å². The molecular formula is C24H24Cl2N4O3. The van der Waals surface area contributed by atoms with Gasteiger partial charge in [-0.25, -0.2) is 4.79 Å². The van der Waals surface area contributed by atoms with Gasteiger partial charge in [0, 0.05) is 23.7 Å². The van der Waals surface area contributed by atoms with E-state index in [0.717, 1.165) is 31.4 Å². The largest absolute Gasteiger partial charge is 0.507 e. The zero-order valence-corrected chi connectivity index (χ0v) is 19.6. The first-order chi connectivity index (χ1) is 15.9. The first-order valence-electron chi connectivity index (χ1n) is 10.9. The maximum absolute atomic E-state index is 12.8. The van der Waals surface area contributed by atoms with E-state index in [-0.39, 0.29) is 33.3 Å². The summed E-state index contributed by atoms with van der Waals surface area (Å²) in [6.07, 6.45) is 4.20. The van der Waals surface area contributed by atoms with E-state index in [9.17, 15) is 14.7 Å². The van der Waals surface area contributed by atoms with Crippen LogP contribution in [0, 0.1) is 0 Å². The third-order valence-electron chi connectivity index (χ3n) is 5.75. The van der Waals surface area contributed by atoms with E-state index in [1.54, 1.807) is 30.3 Å². The monoisotopic (exact) mass is 486 g/mol. The molecule has 1 heterocycles. The average Bonchev–Trinajstić information content (AvgIpc) is 3.45. The molecule has 0 spiro atoms. The zero-order valence-electron chi connectivity index (χ0n) is 18.1. The molecular weight excluding hydrogens is 463 g/mol. The standard InChI is InChI=1S/C24H24Cl2N4O3/c1-2-27-24(33)30-20(14-6-3-4-7-14)13-19(29-30)16-12-15(10-11-21(16)31)28-23(32)22-17(25)8-5-9-18(22)26/h5,8-14,31H,2-4,6-7H2,1H3,(H,27,33)(H,28,32). The molecule has 7 nitrogen and oxygen atoms in total. The number of benzene rings is 2. The second kappa shape index (κ2) is 9.85. The third-order valence-corrected chi connectivity index (χ3v) is 6.38. The number of phenols is 1. The lowest BCUT2D eigenvalue weighted by Gasteiger charge is -2.11. The molecule has 3 aromatic rings. The Labute approximate surface area is 201 Å².